The Hall–Kier alpha value is -1.70. The molecule has 1 heterocycles. The Morgan fingerprint density at radius 2 is 2.10 bits per heavy atom. The van der Waals surface area contributed by atoms with Gasteiger partial charge in [0.2, 0.25) is 10.0 Å². The largest absolute Gasteiger partial charge is 0.326 e. The normalized spacial score (nSPS) is 11.8. The van der Waals surface area contributed by atoms with E-state index in [1.807, 2.05) is 13.2 Å². The van der Waals surface area contributed by atoms with Gasteiger partial charge in [-0.3, -0.25) is 4.68 Å². The monoisotopic (exact) mass is 308 g/mol. The highest BCUT2D eigenvalue weighted by Crippen LogP contribution is 2.16. The summed E-state index contributed by atoms with van der Waals surface area (Å²) in [6.45, 7) is 2.51. The second kappa shape index (κ2) is 6.38. The van der Waals surface area contributed by atoms with Crippen LogP contribution in [0.5, 0.6) is 0 Å². The molecule has 0 fully saturated rings. The molecular weight excluding hydrogens is 288 g/mol. The molecule has 6 nitrogen and oxygen atoms in total. The van der Waals surface area contributed by atoms with Crippen LogP contribution in [-0.4, -0.2) is 24.7 Å². The standard InChI is InChI=1S/C14H20N4O2S/c1-11-7-12(8-15)3-4-14(11)21(19,20)17-6-5-13-9-16-18(2)10-13/h3-4,7,9-10,17H,5-6,8,15H2,1-2H3. The van der Waals surface area contributed by atoms with Crippen molar-refractivity contribution in [2.75, 3.05) is 6.54 Å². The molecule has 0 atom stereocenters. The highest BCUT2D eigenvalue weighted by atomic mass is 32.2. The summed E-state index contributed by atoms with van der Waals surface area (Å²) in [5.74, 6) is 0. The van der Waals surface area contributed by atoms with E-state index in [0.717, 1.165) is 11.1 Å². The molecule has 0 saturated heterocycles. The lowest BCUT2D eigenvalue weighted by Gasteiger charge is -2.10. The maximum Gasteiger partial charge on any atom is 0.240 e. The second-order valence-electron chi connectivity index (χ2n) is 4.97. The molecular formula is C14H20N4O2S. The number of hydrogen-bond acceptors (Lipinski definition) is 4. The predicted molar refractivity (Wildman–Crippen MR) is 81.2 cm³/mol. The lowest BCUT2D eigenvalue weighted by atomic mass is 10.1. The Kier molecular flexibility index (Phi) is 4.76. The number of aryl methyl sites for hydroxylation is 2. The molecule has 0 amide bonds. The summed E-state index contributed by atoms with van der Waals surface area (Å²) in [5.41, 5.74) is 8.17. The summed E-state index contributed by atoms with van der Waals surface area (Å²) in [7, 11) is -1.67. The fourth-order valence-electron chi connectivity index (χ4n) is 2.15. The van der Waals surface area contributed by atoms with E-state index in [1.54, 1.807) is 36.0 Å². The molecule has 0 radical (unpaired) electrons. The average molecular weight is 308 g/mol. The van der Waals surface area contributed by atoms with E-state index < -0.39 is 10.0 Å². The fourth-order valence-corrected chi connectivity index (χ4v) is 3.40. The first kappa shape index (κ1) is 15.7. The van der Waals surface area contributed by atoms with Gasteiger partial charge in [0.25, 0.3) is 0 Å². The van der Waals surface area contributed by atoms with E-state index in [-0.39, 0.29) is 0 Å². The van der Waals surface area contributed by atoms with E-state index in [1.165, 1.54) is 0 Å². The van der Waals surface area contributed by atoms with Gasteiger partial charge in [-0.05, 0) is 36.1 Å². The maximum atomic E-state index is 12.3. The minimum absolute atomic E-state index is 0.297. The van der Waals surface area contributed by atoms with Gasteiger partial charge in [-0.25, -0.2) is 13.1 Å². The zero-order chi connectivity index (χ0) is 15.5. The average Bonchev–Trinajstić information content (AvgIpc) is 2.83. The van der Waals surface area contributed by atoms with Crippen LogP contribution in [-0.2, 0) is 30.0 Å². The van der Waals surface area contributed by atoms with E-state index in [2.05, 4.69) is 9.82 Å². The molecule has 2 aromatic rings. The minimum atomic E-state index is -3.50. The molecule has 2 rings (SSSR count). The Morgan fingerprint density at radius 1 is 1.33 bits per heavy atom. The lowest BCUT2D eigenvalue weighted by Crippen LogP contribution is -2.26. The fraction of sp³-hybridized carbons (Fsp3) is 0.357. The molecule has 3 N–H and O–H groups in total. The molecule has 0 aliphatic heterocycles. The Bertz CT molecular complexity index is 722. The molecule has 1 aromatic carbocycles. The highest BCUT2D eigenvalue weighted by Gasteiger charge is 2.16. The molecule has 0 spiro atoms. The lowest BCUT2D eigenvalue weighted by molar-refractivity contribution is 0.581. The van der Waals surface area contributed by atoms with Crippen LogP contribution in [0.3, 0.4) is 0 Å². The zero-order valence-electron chi connectivity index (χ0n) is 12.2. The first-order valence-electron chi connectivity index (χ1n) is 6.69. The zero-order valence-corrected chi connectivity index (χ0v) is 13.0. The third kappa shape index (κ3) is 3.90. The number of sulfonamides is 1. The van der Waals surface area contributed by atoms with Crippen LogP contribution < -0.4 is 10.5 Å². The number of nitrogens with two attached hydrogens (primary N) is 1. The van der Waals surface area contributed by atoms with Gasteiger partial charge < -0.3 is 5.73 Å². The molecule has 21 heavy (non-hydrogen) atoms. The van der Waals surface area contributed by atoms with Gasteiger partial charge in [0, 0.05) is 26.3 Å². The quantitative estimate of drug-likeness (QED) is 0.822. The van der Waals surface area contributed by atoms with Crippen LogP contribution in [0.15, 0.2) is 35.5 Å². The summed E-state index contributed by atoms with van der Waals surface area (Å²) in [4.78, 5) is 0.297. The number of hydrogen-bond donors (Lipinski definition) is 2. The van der Waals surface area contributed by atoms with E-state index in [4.69, 9.17) is 5.73 Å². The Labute approximate surface area is 125 Å². The summed E-state index contributed by atoms with van der Waals surface area (Å²) in [6, 6.07) is 5.14. The van der Waals surface area contributed by atoms with E-state index in [0.29, 0.717) is 30.0 Å². The molecule has 0 aliphatic carbocycles. The summed E-state index contributed by atoms with van der Waals surface area (Å²) < 4.78 is 28.9. The van der Waals surface area contributed by atoms with E-state index in [9.17, 15) is 8.42 Å². The maximum absolute atomic E-state index is 12.3. The highest BCUT2D eigenvalue weighted by molar-refractivity contribution is 7.89. The van der Waals surface area contributed by atoms with Crippen LogP contribution >= 0.6 is 0 Å². The van der Waals surface area contributed by atoms with Crippen molar-refractivity contribution in [3.8, 4) is 0 Å². The number of aromatic nitrogens is 2. The number of nitrogens with one attached hydrogen (secondary N) is 1. The number of nitrogens with zero attached hydrogens (tertiary/aromatic N) is 2. The van der Waals surface area contributed by atoms with Crippen LogP contribution in [0.4, 0.5) is 0 Å². The van der Waals surface area contributed by atoms with E-state index >= 15 is 0 Å². The van der Waals surface area contributed by atoms with Crippen molar-refractivity contribution >= 4 is 10.0 Å². The third-order valence-electron chi connectivity index (χ3n) is 3.23. The Balaban J connectivity index is 2.04. The van der Waals surface area contributed by atoms with Crippen molar-refractivity contribution in [2.24, 2.45) is 12.8 Å². The van der Waals surface area contributed by atoms with Crippen molar-refractivity contribution < 1.29 is 8.42 Å². The predicted octanol–water partition coefficient (Wildman–Crippen LogP) is 0.708. The van der Waals surface area contributed by atoms with Crippen LogP contribution in [0, 0.1) is 6.92 Å². The molecule has 0 saturated carbocycles. The van der Waals surface area contributed by atoms with Gasteiger partial charge in [-0.15, -0.1) is 0 Å². The molecule has 0 aliphatic rings. The molecule has 114 valence electrons. The van der Waals surface area contributed by atoms with Crippen LogP contribution in [0.1, 0.15) is 16.7 Å². The summed E-state index contributed by atoms with van der Waals surface area (Å²) >= 11 is 0. The molecule has 7 heteroatoms. The smallest absolute Gasteiger partial charge is 0.240 e. The van der Waals surface area contributed by atoms with Crippen molar-refractivity contribution in [2.45, 2.75) is 24.8 Å². The van der Waals surface area contributed by atoms with Gasteiger partial charge in [0.1, 0.15) is 0 Å². The molecule has 0 unspecified atom stereocenters. The minimum Gasteiger partial charge on any atom is -0.326 e. The van der Waals surface area contributed by atoms with Crippen LogP contribution in [0.2, 0.25) is 0 Å². The second-order valence-corrected chi connectivity index (χ2v) is 6.71. The number of rotatable bonds is 6. The number of benzene rings is 1. The molecule has 0 bridgehead atoms. The third-order valence-corrected chi connectivity index (χ3v) is 4.85. The van der Waals surface area contributed by atoms with Crippen molar-refractivity contribution in [1.29, 1.82) is 0 Å². The van der Waals surface area contributed by atoms with Gasteiger partial charge in [0.05, 0.1) is 11.1 Å². The van der Waals surface area contributed by atoms with Gasteiger partial charge in [0.15, 0.2) is 0 Å². The molecule has 1 aromatic heterocycles. The van der Waals surface area contributed by atoms with Gasteiger partial charge in [-0.1, -0.05) is 12.1 Å². The van der Waals surface area contributed by atoms with Crippen molar-refractivity contribution in [1.82, 2.24) is 14.5 Å². The first-order valence-corrected chi connectivity index (χ1v) is 8.17. The van der Waals surface area contributed by atoms with Gasteiger partial charge >= 0.3 is 0 Å². The summed E-state index contributed by atoms with van der Waals surface area (Å²) in [5, 5.41) is 4.05. The SMILES string of the molecule is Cc1cc(CN)ccc1S(=O)(=O)NCCc1cnn(C)c1. The van der Waals surface area contributed by atoms with Crippen LogP contribution in [0.25, 0.3) is 0 Å². The van der Waals surface area contributed by atoms with Gasteiger partial charge in [-0.2, -0.15) is 5.10 Å². The van der Waals surface area contributed by atoms with Crippen molar-refractivity contribution in [3.63, 3.8) is 0 Å². The Morgan fingerprint density at radius 3 is 2.67 bits per heavy atom. The topological polar surface area (TPSA) is 90.0 Å². The first-order chi connectivity index (χ1) is 9.92. The van der Waals surface area contributed by atoms with Crippen molar-refractivity contribution in [3.05, 3.63) is 47.3 Å². The summed E-state index contributed by atoms with van der Waals surface area (Å²) in [6.07, 6.45) is 4.21.